The highest BCUT2D eigenvalue weighted by Gasteiger charge is 2.21. The van der Waals surface area contributed by atoms with Crippen LogP contribution in [0.3, 0.4) is 0 Å². The molecule has 1 aromatic heterocycles. The number of aliphatic imine (C=N–C) groups is 1. The summed E-state index contributed by atoms with van der Waals surface area (Å²) in [6, 6.07) is 0. The van der Waals surface area contributed by atoms with E-state index in [0.717, 1.165) is 31.6 Å². The van der Waals surface area contributed by atoms with Crippen LogP contribution in [0.5, 0.6) is 0 Å². The van der Waals surface area contributed by atoms with Gasteiger partial charge in [0, 0.05) is 31.6 Å². The molecule has 0 radical (unpaired) electrons. The van der Waals surface area contributed by atoms with Crippen LogP contribution in [0.4, 0.5) is 0 Å². The third-order valence-electron chi connectivity index (χ3n) is 3.10. The first-order valence-electron chi connectivity index (χ1n) is 8.04. The fourth-order valence-electron chi connectivity index (χ4n) is 2.19. The summed E-state index contributed by atoms with van der Waals surface area (Å²) < 4.78 is 27.3. The average molecular weight is 360 g/mol. The Morgan fingerprint density at radius 2 is 2.04 bits per heavy atom. The molecule has 1 aromatic rings. The molecular weight excluding hydrogens is 330 g/mol. The normalized spacial score (nSPS) is 13.1. The smallest absolute Gasteiger partial charge is 0.209 e. The summed E-state index contributed by atoms with van der Waals surface area (Å²) in [7, 11) is -3.27. The first-order valence-corrected chi connectivity index (χ1v) is 9.94. The number of sulfonamides is 1. The van der Waals surface area contributed by atoms with Gasteiger partial charge in [0.05, 0.1) is 12.8 Å². The van der Waals surface area contributed by atoms with Gasteiger partial charge in [-0.05, 0) is 20.8 Å². The highest BCUT2D eigenvalue weighted by molar-refractivity contribution is 7.88. The van der Waals surface area contributed by atoms with Crippen molar-refractivity contribution in [2.75, 3.05) is 25.9 Å². The van der Waals surface area contributed by atoms with E-state index < -0.39 is 15.6 Å². The topological polar surface area (TPSA) is 113 Å². The van der Waals surface area contributed by atoms with E-state index in [9.17, 15) is 8.42 Å². The summed E-state index contributed by atoms with van der Waals surface area (Å²) in [4.78, 5) is 4.46. The maximum absolute atomic E-state index is 11.4. The van der Waals surface area contributed by atoms with Crippen molar-refractivity contribution in [1.29, 1.82) is 0 Å². The summed E-state index contributed by atoms with van der Waals surface area (Å²) in [6.07, 6.45) is 3.69. The van der Waals surface area contributed by atoms with Gasteiger partial charge in [0.1, 0.15) is 12.2 Å². The summed E-state index contributed by atoms with van der Waals surface area (Å²) in [5.74, 6) is 1.59. The number of aromatic nitrogens is 3. The molecule has 0 spiro atoms. The lowest BCUT2D eigenvalue weighted by molar-refractivity contribution is 0.464. The number of hydrogen-bond acceptors (Lipinski definition) is 5. The van der Waals surface area contributed by atoms with E-state index in [1.807, 2.05) is 18.4 Å². The molecule has 9 nitrogen and oxygen atoms in total. The standard InChI is InChI=1S/C14H29N7O2S/c1-6-12-19-18-11-21(12)9-8-16-13(15-7-2)17-10-14(3,4)20-24(5,22)23/h11,20H,6-10H2,1-5H3,(H2,15,16,17). The monoisotopic (exact) mass is 359 g/mol. The van der Waals surface area contributed by atoms with E-state index in [2.05, 4.69) is 30.5 Å². The Balaban J connectivity index is 2.59. The molecule has 138 valence electrons. The van der Waals surface area contributed by atoms with Crippen molar-refractivity contribution < 1.29 is 8.42 Å². The largest absolute Gasteiger partial charge is 0.357 e. The van der Waals surface area contributed by atoms with Gasteiger partial charge >= 0.3 is 0 Å². The average Bonchev–Trinajstić information content (AvgIpc) is 2.89. The molecule has 0 aliphatic carbocycles. The van der Waals surface area contributed by atoms with Gasteiger partial charge in [0.15, 0.2) is 5.96 Å². The predicted octanol–water partition coefficient (Wildman–Crippen LogP) is -0.277. The minimum absolute atomic E-state index is 0.322. The molecular formula is C14H29N7O2S. The number of nitrogens with one attached hydrogen (secondary N) is 3. The van der Waals surface area contributed by atoms with Crippen LogP contribution < -0.4 is 15.4 Å². The number of rotatable bonds is 9. The Morgan fingerprint density at radius 3 is 2.62 bits per heavy atom. The zero-order valence-electron chi connectivity index (χ0n) is 15.1. The molecule has 1 rings (SSSR count). The Hall–Kier alpha value is -1.68. The molecule has 0 amide bonds. The molecule has 0 unspecified atom stereocenters. The van der Waals surface area contributed by atoms with Crippen molar-refractivity contribution in [2.24, 2.45) is 4.99 Å². The molecule has 0 aromatic carbocycles. The predicted molar refractivity (Wildman–Crippen MR) is 95.4 cm³/mol. The summed E-state index contributed by atoms with van der Waals surface area (Å²) in [5.41, 5.74) is -0.653. The van der Waals surface area contributed by atoms with Gasteiger partial charge in [-0.2, -0.15) is 0 Å². The van der Waals surface area contributed by atoms with Gasteiger partial charge in [0.2, 0.25) is 10.0 Å². The van der Waals surface area contributed by atoms with Gasteiger partial charge in [-0.15, -0.1) is 10.2 Å². The number of guanidine groups is 1. The summed E-state index contributed by atoms with van der Waals surface area (Å²) >= 11 is 0. The third-order valence-corrected chi connectivity index (χ3v) is 4.02. The first kappa shape index (κ1) is 20.4. The highest BCUT2D eigenvalue weighted by atomic mass is 32.2. The summed E-state index contributed by atoms with van der Waals surface area (Å²) in [6.45, 7) is 10.0. The summed E-state index contributed by atoms with van der Waals surface area (Å²) in [5, 5.41) is 14.3. The number of hydrogen-bond donors (Lipinski definition) is 3. The Labute approximate surface area is 144 Å². The lowest BCUT2D eigenvalue weighted by Crippen LogP contribution is -2.47. The lowest BCUT2D eigenvalue weighted by atomic mass is 10.1. The second-order valence-electron chi connectivity index (χ2n) is 6.17. The number of nitrogens with zero attached hydrogens (tertiary/aromatic N) is 4. The van der Waals surface area contributed by atoms with Crippen LogP contribution in [0.25, 0.3) is 0 Å². The van der Waals surface area contributed by atoms with E-state index in [4.69, 9.17) is 0 Å². The van der Waals surface area contributed by atoms with E-state index in [1.54, 1.807) is 20.2 Å². The minimum atomic E-state index is -3.27. The van der Waals surface area contributed by atoms with E-state index in [1.165, 1.54) is 0 Å². The van der Waals surface area contributed by atoms with E-state index >= 15 is 0 Å². The zero-order valence-corrected chi connectivity index (χ0v) is 15.9. The molecule has 1 heterocycles. The molecule has 0 atom stereocenters. The second-order valence-corrected chi connectivity index (χ2v) is 7.92. The molecule has 0 aliphatic heterocycles. The fraction of sp³-hybridized carbons (Fsp3) is 0.786. The Bertz CT molecular complexity index is 637. The maximum atomic E-state index is 11.4. The molecule has 0 aliphatic rings. The molecule has 0 saturated heterocycles. The van der Waals surface area contributed by atoms with Gasteiger partial charge in [-0.25, -0.2) is 13.1 Å². The van der Waals surface area contributed by atoms with Gasteiger partial charge in [0.25, 0.3) is 0 Å². The molecule has 24 heavy (non-hydrogen) atoms. The SMILES string of the molecule is CCNC(=NCC(C)(C)NS(C)(=O)=O)NCCn1cnnc1CC. The Kier molecular flexibility index (Phi) is 7.61. The molecule has 3 N–H and O–H groups in total. The Morgan fingerprint density at radius 1 is 1.33 bits per heavy atom. The lowest BCUT2D eigenvalue weighted by Gasteiger charge is -2.23. The van der Waals surface area contributed by atoms with Crippen molar-refractivity contribution >= 4 is 16.0 Å². The van der Waals surface area contributed by atoms with Crippen LogP contribution in [-0.4, -0.2) is 60.6 Å². The van der Waals surface area contributed by atoms with Gasteiger partial charge in [-0.1, -0.05) is 6.92 Å². The van der Waals surface area contributed by atoms with Crippen LogP contribution in [0.2, 0.25) is 0 Å². The van der Waals surface area contributed by atoms with Crippen molar-refractivity contribution in [2.45, 2.75) is 46.2 Å². The minimum Gasteiger partial charge on any atom is -0.357 e. The van der Waals surface area contributed by atoms with Crippen LogP contribution in [0.15, 0.2) is 11.3 Å². The quantitative estimate of drug-likeness (QED) is 0.413. The van der Waals surface area contributed by atoms with E-state index in [0.29, 0.717) is 19.0 Å². The fourth-order valence-corrected chi connectivity index (χ4v) is 3.26. The van der Waals surface area contributed by atoms with Crippen molar-refractivity contribution in [3.63, 3.8) is 0 Å². The molecule has 0 bridgehead atoms. The van der Waals surface area contributed by atoms with Crippen LogP contribution in [0, 0.1) is 0 Å². The molecule has 10 heteroatoms. The van der Waals surface area contributed by atoms with Gasteiger partial charge in [-0.3, -0.25) is 4.99 Å². The van der Waals surface area contributed by atoms with Gasteiger partial charge < -0.3 is 15.2 Å². The van der Waals surface area contributed by atoms with Crippen molar-refractivity contribution in [1.82, 2.24) is 30.1 Å². The maximum Gasteiger partial charge on any atom is 0.209 e. The van der Waals surface area contributed by atoms with Crippen LogP contribution in [0.1, 0.15) is 33.5 Å². The second kappa shape index (κ2) is 8.97. The number of aryl methyl sites for hydroxylation is 1. The van der Waals surface area contributed by atoms with Crippen LogP contribution >= 0.6 is 0 Å². The van der Waals surface area contributed by atoms with Crippen LogP contribution in [-0.2, 0) is 23.0 Å². The third kappa shape index (κ3) is 7.73. The van der Waals surface area contributed by atoms with Crippen molar-refractivity contribution in [3.8, 4) is 0 Å². The first-order chi connectivity index (χ1) is 11.2. The van der Waals surface area contributed by atoms with E-state index in [-0.39, 0.29) is 0 Å². The highest BCUT2D eigenvalue weighted by Crippen LogP contribution is 2.04. The zero-order chi connectivity index (χ0) is 18.2. The van der Waals surface area contributed by atoms with Crippen molar-refractivity contribution in [3.05, 3.63) is 12.2 Å². The molecule has 0 saturated carbocycles. The molecule has 0 fully saturated rings.